The van der Waals surface area contributed by atoms with E-state index in [4.69, 9.17) is 28.6 Å². The van der Waals surface area contributed by atoms with Gasteiger partial charge >= 0.3 is 0 Å². The molecule has 108 valence electrons. The summed E-state index contributed by atoms with van der Waals surface area (Å²) in [6.45, 7) is 1.71. The second-order valence-corrected chi connectivity index (χ2v) is 5.52. The Morgan fingerprint density at radius 2 is 2.05 bits per heavy atom. The minimum absolute atomic E-state index is 0.274. The first kappa shape index (κ1) is 14.1. The predicted octanol–water partition coefficient (Wildman–Crippen LogP) is 4.80. The van der Waals surface area contributed by atoms with E-state index < -0.39 is 0 Å². The second-order valence-electron chi connectivity index (χ2n) is 4.70. The number of aromatic amines is 1. The molecule has 3 aromatic rings. The van der Waals surface area contributed by atoms with E-state index in [0.29, 0.717) is 32.3 Å². The minimum atomic E-state index is -0.274. The molecular weight excluding hydrogens is 311 g/mol. The molecule has 0 saturated heterocycles. The quantitative estimate of drug-likeness (QED) is 0.687. The van der Waals surface area contributed by atoms with Crippen LogP contribution in [0.3, 0.4) is 0 Å². The average molecular weight is 323 g/mol. The van der Waals surface area contributed by atoms with Gasteiger partial charge in [-0.05, 0) is 55.0 Å². The Labute approximate surface area is 130 Å². The van der Waals surface area contributed by atoms with Gasteiger partial charge in [0.25, 0.3) is 0 Å². The van der Waals surface area contributed by atoms with Crippen LogP contribution in [-0.2, 0) is 0 Å². The Bertz CT molecular complexity index is 901. The molecular formula is C15H12ClFN2OS. The average Bonchev–Trinajstić information content (AvgIpc) is 2.74. The summed E-state index contributed by atoms with van der Waals surface area (Å²) < 4.78 is 21.3. The highest BCUT2D eigenvalue weighted by atomic mass is 35.5. The summed E-state index contributed by atoms with van der Waals surface area (Å²) in [4.78, 5) is 3.00. The van der Waals surface area contributed by atoms with E-state index >= 15 is 0 Å². The lowest BCUT2D eigenvalue weighted by Crippen LogP contribution is -1.98. The fraction of sp³-hybridized carbons (Fsp3) is 0.133. The summed E-state index contributed by atoms with van der Waals surface area (Å²) in [6.07, 6.45) is 0. The number of ether oxygens (including phenoxy) is 1. The van der Waals surface area contributed by atoms with Crippen LogP contribution in [0.5, 0.6) is 5.75 Å². The molecule has 0 atom stereocenters. The Balaban J connectivity index is 2.40. The Morgan fingerprint density at radius 3 is 2.76 bits per heavy atom. The maximum absolute atomic E-state index is 13.7. The zero-order valence-electron chi connectivity index (χ0n) is 11.4. The summed E-state index contributed by atoms with van der Waals surface area (Å²) >= 11 is 11.4. The van der Waals surface area contributed by atoms with Crippen molar-refractivity contribution in [3.8, 4) is 11.4 Å². The third-order valence-electron chi connectivity index (χ3n) is 3.34. The molecule has 2 aromatic carbocycles. The van der Waals surface area contributed by atoms with Gasteiger partial charge in [-0.2, -0.15) is 0 Å². The van der Waals surface area contributed by atoms with Crippen LogP contribution in [0.4, 0.5) is 4.39 Å². The zero-order valence-corrected chi connectivity index (χ0v) is 13.0. The number of halogens is 2. The third kappa shape index (κ3) is 2.32. The number of rotatable bonds is 2. The van der Waals surface area contributed by atoms with Gasteiger partial charge in [-0.3, -0.25) is 4.57 Å². The Morgan fingerprint density at radius 1 is 1.29 bits per heavy atom. The van der Waals surface area contributed by atoms with Gasteiger partial charge in [0.1, 0.15) is 11.6 Å². The van der Waals surface area contributed by atoms with Crippen molar-refractivity contribution >= 4 is 34.9 Å². The molecule has 0 unspecified atom stereocenters. The Hall–Kier alpha value is -1.85. The zero-order chi connectivity index (χ0) is 15.1. The van der Waals surface area contributed by atoms with E-state index in [1.54, 1.807) is 42.9 Å². The highest BCUT2D eigenvalue weighted by Gasteiger charge is 2.13. The van der Waals surface area contributed by atoms with Crippen LogP contribution in [0.25, 0.3) is 16.7 Å². The van der Waals surface area contributed by atoms with Gasteiger partial charge in [-0.25, -0.2) is 4.39 Å². The number of H-pyrrole nitrogens is 1. The lowest BCUT2D eigenvalue weighted by molar-refractivity contribution is 0.413. The highest BCUT2D eigenvalue weighted by Crippen LogP contribution is 2.30. The SMILES string of the molecule is COc1ccc(Cl)cc1-n1c(=S)[nH]c2cc(F)c(C)cc21. The van der Waals surface area contributed by atoms with Crippen molar-refractivity contribution in [1.29, 1.82) is 0 Å². The first-order chi connectivity index (χ1) is 10.0. The molecule has 1 N–H and O–H groups in total. The number of aryl methyl sites for hydroxylation is 1. The molecule has 0 aliphatic heterocycles. The van der Waals surface area contributed by atoms with E-state index in [0.717, 1.165) is 5.52 Å². The van der Waals surface area contributed by atoms with Crippen LogP contribution >= 0.6 is 23.8 Å². The topological polar surface area (TPSA) is 29.9 Å². The fourth-order valence-corrected chi connectivity index (χ4v) is 2.78. The highest BCUT2D eigenvalue weighted by molar-refractivity contribution is 7.71. The molecule has 0 spiro atoms. The van der Waals surface area contributed by atoms with Crippen LogP contribution in [0, 0.1) is 17.5 Å². The lowest BCUT2D eigenvalue weighted by atomic mass is 10.2. The van der Waals surface area contributed by atoms with Crippen molar-refractivity contribution in [2.75, 3.05) is 7.11 Å². The van der Waals surface area contributed by atoms with E-state index in [-0.39, 0.29) is 5.82 Å². The molecule has 0 bridgehead atoms. The molecule has 0 saturated carbocycles. The van der Waals surface area contributed by atoms with Gasteiger partial charge in [0.05, 0.1) is 23.8 Å². The summed E-state index contributed by atoms with van der Waals surface area (Å²) in [5.41, 5.74) is 2.67. The molecule has 6 heteroatoms. The van der Waals surface area contributed by atoms with Crippen molar-refractivity contribution in [2.24, 2.45) is 0 Å². The van der Waals surface area contributed by atoms with Gasteiger partial charge in [0, 0.05) is 5.02 Å². The first-order valence-electron chi connectivity index (χ1n) is 6.26. The van der Waals surface area contributed by atoms with E-state index in [1.807, 2.05) is 0 Å². The van der Waals surface area contributed by atoms with Crippen molar-refractivity contribution in [1.82, 2.24) is 9.55 Å². The van der Waals surface area contributed by atoms with Gasteiger partial charge < -0.3 is 9.72 Å². The smallest absolute Gasteiger partial charge is 0.182 e. The molecule has 3 rings (SSSR count). The molecule has 1 heterocycles. The van der Waals surface area contributed by atoms with E-state index in [2.05, 4.69) is 4.98 Å². The molecule has 0 amide bonds. The van der Waals surface area contributed by atoms with Crippen molar-refractivity contribution in [2.45, 2.75) is 6.92 Å². The van der Waals surface area contributed by atoms with Gasteiger partial charge in [-0.1, -0.05) is 11.6 Å². The van der Waals surface area contributed by atoms with Gasteiger partial charge in [-0.15, -0.1) is 0 Å². The van der Waals surface area contributed by atoms with Crippen LogP contribution in [0.15, 0.2) is 30.3 Å². The summed E-state index contributed by atoms with van der Waals surface area (Å²) in [6, 6.07) is 8.47. The van der Waals surface area contributed by atoms with Gasteiger partial charge in [0.2, 0.25) is 0 Å². The number of nitrogens with zero attached hydrogens (tertiary/aromatic N) is 1. The maximum Gasteiger partial charge on any atom is 0.182 e. The van der Waals surface area contributed by atoms with E-state index in [1.165, 1.54) is 6.07 Å². The predicted molar refractivity (Wildman–Crippen MR) is 84.7 cm³/mol. The number of benzene rings is 2. The fourth-order valence-electron chi connectivity index (χ4n) is 2.31. The molecule has 0 aliphatic carbocycles. The van der Waals surface area contributed by atoms with Crippen LogP contribution in [-0.4, -0.2) is 16.7 Å². The number of nitrogens with one attached hydrogen (secondary N) is 1. The van der Waals surface area contributed by atoms with Gasteiger partial charge in [0.15, 0.2) is 4.77 Å². The van der Waals surface area contributed by atoms with Crippen molar-refractivity contribution < 1.29 is 9.13 Å². The molecule has 0 fully saturated rings. The minimum Gasteiger partial charge on any atom is -0.495 e. The monoisotopic (exact) mass is 322 g/mol. The third-order valence-corrected chi connectivity index (χ3v) is 3.86. The summed E-state index contributed by atoms with van der Waals surface area (Å²) in [7, 11) is 1.58. The number of methoxy groups -OCH3 is 1. The summed E-state index contributed by atoms with van der Waals surface area (Å²) in [5, 5.41) is 0.570. The normalized spacial score (nSPS) is 11.0. The maximum atomic E-state index is 13.7. The molecule has 1 aromatic heterocycles. The van der Waals surface area contributed by atoms with Crippen LogP contribution in [0.2, 0.25) is 5.02 Å². The summed E-state index contributed by atoms with van der Waals surface area (Å²) in [5.74, 6) is 0.363. The van der Waals surface area contributed by atoms with Crippen LogP contribution in [0.1, 0.15) is 5.56 Å². The number of fused-ring (bicyclic) bond motifs is 1. The van der Waals surface area contributed by atoms with Crippen LogP contribution < -0.4 is 4.74 Å². The molecule has 0 aliphatic rings. The lowest BCUT2D eigenvalue weighted by Gasteiger charge is -2.11. The largest absolute Gasteiger partial charge is 0.495 e. The standard InChI is InChI=1S/C15H12ClFN2OS/c1-8-5-12-11(7-10(8)17)18-15(21)19(12)13-6-9(16)3-4-14(13)20-2/h3-7H,1-2H3,(H,18,21). The molecule has 3 nitrogen and oxygen atoms in total. The number of aromatic nitrogens is 2. The number of hydrogen-bond donors (Lipinski definition) is 1. The first-order valence-corrected chi connectivity index (χ1v) is 7.04. The molecule has 0 radical (unpaired) electrons. The Kier molecular flexibility index (Phi) is 3.47. The number of hydrogen-bond acceptors (Lipinski definition) is 2. The molecule has 21 heavy (non-hydrogen) atoms. The second kappa shape index (κ2) is 5.16. The van der Waals surface area contributed by atoms with Crippen molar-refractivity contribution in [3.05, 3.63) is 51.5 Å². The number of imidazole rings is 1. The van der Waals surface area contributed by atoms with Crippen molar-refractivity contribution in [3.63, 3.8) is 0 Å². The van der Waals surface area contributed by atoms with E-state index in [9.17, 15) is 4.39 Å².